The fourth-order valence-electron chi connectivity index (χ4n) is 5.20. The Labute approximate surface area is 353 Å². The van der Waals surface area contributed by atoms with Gasteiger partial charge < -0.3 is 18.9 Å². The third kappa shape index (κ3) is 42.5. The molecule has 0 saturated carbocycles. The van der Waals surface area contributed by atoms with Gasteiger partial charge in [-0.1, -0.05) is 150 Å². The van der Waals surface area contributed by atoms with Gasteiger partial charge in [0.2, 0.25) is 0 Å². The Morgan fingerprint density at radius 2 is 0.983 bits per heavy atom. The van der Waals surface area contributed by atoms with Crippen molar-refractivity contribution in [3.05, 3.63) is 97.2 Å². The number of esters is 2. The second kappa shape index (κ2) is 39.4. The zero-order valence-electron chi connectivity index (χ0n) is 37.0. The highest BCUT2D eigenvalue weighted by Crippen LogP contribution is 2.43. The van der Waals surface area contributed by atoms with Gasteiger partial charge in [0.05, 0.1) is 27.7 Å². The molecule has 0 aliphatic rings. The SMILES string of the molecule is CC/C=C\C/C=C\C/C=C\C/C=C\C/C=C\C/C=C\C/C=C\C/C=C\CCCCC(=O)OC(COC(=O)CCCCCCCCC)COP(=O)(O)OCC[N+](C)(C)C. The van der Waals surface area contributed by atoms with E-state index in [1.807, 2.05) is 21.1 Å². The molecule has 0 rings (SSSR count). The fourth-order valence-corrected chi connectivity index (χ4v) is 5.94. The molecular weight excluding hydrogens is 750 g/mol. The molecule has 1 N–H and O–H groups in total. The van der Waals surface area contributed by atoms with Gasteiger partial charge in [0.25, 0.3) is 0 Å². The van der Waals surface area contributed by atoms with Gasteiger partial charge in [0.1, 0.15) is 19.8 Å². The number of carbonyl (C=O) groups is 2. The van der Waals surface area contributed by atoms with E-state index in [-0.39, 0.29) is 26.1 Å². The van der Waals surface area contributed by atoms with E-state index in [1.165, 1.54) is 19.3 Å². The highest BCUT2D eigenvalue weighted by molar-refractivity contribution is 7.47. The molecule has 0 aromatic carbocycles. The Bertz CT molecular complexity index is 1300. The number of hydrogen-bond donors (Lipinski definition) is 1. The number of ether oxygens (including phenoxy) is 2. The van der Waals surface area contributed by atoms with Crippen molar-refractivity contribution >= 4 is 19.8 Å². The topological polar surface area (TPSA) is 108 Å². The van der Waals surface area contributed by atoms with Gasteiger partial charge in [-0.05, 0) is 77.0 Å². The molecule has 0 spiro atoms. The molecule has 0 radical (unpaired) electrons. The lowest BCUT2D eigenvalue weighted by atomic mass is 10.1. The van der Waals surface area contributed by atoms with Crippen LogP contribution in [0.1, 0.15) is 142 Å². The zero-order chi connectivity index (χ0) is 42.8. The van der Waals surface area contributed by atoms with Gasteiger partial charge in [-0.3, -0.25) is 18.6 Å². The Hall–Kier alpha value is -3.07. The number of unbranched alkanes of at least 4 members (excludes halogenated alkanes) is 8. The summed E-state index contributed by atoms with van der Waals surface area (Å²) in [6, 6.07) is 0. The molecular formula is C48H81NO8P+. The maximum absolute atomic E-state index is 12.6. The first kappa shape index (κ1) is 54.9. The van der Waals surface area contributed by atoms with E-state index in [0.717, 1.165) is 89.9 Å². The second-order valence-corrected chi connectivity index (χ2v) is 16.8. The summed E-state index contributed by atoms with van der Waals surface area (Å²) in [6.45, 7) is 4.17. The number of likely N-dealkylation sites (N-methyl/N-ethyl adjacent to an activating group) is 1. The third-order valence-corrected chi connectivity index (χ3v) is 9.61. The standard InChI is InChI=1S/C48H80NO8P/c1-6-8-10-12-14-15-16-17-18-19-20-21-22-23-24-25-26-27-28-29-30-31-32-33-35-37-39-41-48(51)57-46(45-56-58(52,53)55-43-42-49(3,4)5)44-54-47(50)40-38-36-34-13-11-9-7-2/h8,10,14-15,17-18,20-21,23-24,26-27,29-30,32-33,46H,6-7,9,11-13,16,19,22,25,28,31,34-45H2,1-5H3/p+1/b10-8-,15-14-,18-17-,21-20-,24-23-,27-26-,30-29-,33-32-. The summed E-state index contributed by atoms with van der Waals surface area (Å²) in [4.78, 5) is 35.1. The maximum Gasteiger partial charge on any atom is 0.472 e. The largest absolute Gasteiger partial charge is 0.472 e. The van der Waals surface area contributed by atoms with Crippen LogP contribution in [0.4, 0.5) is 0 Å². The van der Waals surface area contributed by atoms with Crippen molar-refractivity contribution in [3.63, 3.8) is 0 Å². The molecule has 0 aromatic rings. The maximum atomic E-state index is 12.6. The predicted molar refractivity (Wildman–Crippen MR) is 242 cm³/mol. The summed E-state index contributed by atoms with van der Waals surface area (Å²) in [5, 5.41) is 0. The van der Waals surface area contributed by atoms with E-state index < -0.39 is 32.5 Å². The van der Waals surface area contributed by atoms with Crippen LogP contribution in [0.25, 0.3) is 0 Å². The summed E-state index contributed by atoms with van der Waals surface area (Å²) in [5.41, 5.74) is 0. The van der Waals surface area contributed by atoms with Crippen LogP contribution in [0, 0.1) is 0 Å². The second-order valence-electron chi connectivity index (χ2n) is 15.4. The van der Waals surface area contributed by atoms with Crippen LogP contribution in [0.3, 0.4) is 0 Å². The molecule has 0 fully saturated rings. The molecule has 0 bridgehead atoms. The molecule has 0 amide bonds. The molecule has 0 aromatic heterocycles. The van der Waals surface area contributed by atoms with Crippen LogP contribution in [-0.4, -0.2) is 74.9 Å². The monoisotopic (exact) mass is 831 g/mol. The number of nitrogens with zero attached hydrogens (tertiary/aromatic N) is 1. The molecule has 10 heteroatoms. The fraction of sp³-hybridized carbons (Fsp3) is 0.625. The molecule has 2 atom stereocenters. The molecule has 0 heterocycles. The molecule has 0 aliphatic heterocycles. The van der Waals surface area contributed by atoms with Crippen LogP contribution in [-0.2, 0) is 32.7 Å². The molecule has 0 saturated heterocycles. The quantitative estimate of drug-likeness (QED) is 0.0215. The molecule has 2 unspecified atom stereocenters. The lowest BCUT2D eigenvalue weighted by molar-refractivity contribution is -0.870. The average Bonchev–Trinajstić information content (AvgIpc) is 3.17. The van der Waals surface area contributed by atoms with E-state index >= 15 is 0 Å². The first-order valence-electron chi connectivity index (χ1n) is 22.0. The number of quaternary nitrogens is 1. The van der Waals surface area contributed by atoms with Crippen molar-refractivity contribution in [2.24, 2.45) is 0 Å². The van der Waals surface area contributed by atoms with E-state index in [9.17, 15) is 19.0 Å². The van der Waals surface area contributed by atoms with Crippen molar-refractivity contribution in [3.8, 4) is 0 Å². The van der Waals surface area contributed by atoms with Gasteiger partial charge in [-0.25, -0.2) is 4.57 Å². The molecule has 58 heavy (non-hydrogen) atoms. The zero-order valence-corrected chi connectivity index (χ0v) is 37.9. The minimum absolute atomic E-state index is 0.0181. The highest BCUT2D eigenvalue weighted by atomic mass is 31.2. The summed E-state index contributed by atoms with van der Waals surface area (Å²) < 4.78 is 34.1. The highest BCUT2D eigenvalue weighted by Gasteiger charge is 2.27. The number of phosphoric ester groups is 1. The van der Waals surface area contributed by atoms with Crippen molar-refractivity contribution in [2.45, 2.75) is 148 Å². The van der Waals surface area contributed by atoms with Gasteiger partial charge >= 0.3 is 19.8 Å². The summed E-state index contributed by atoms with van der Waals surface area (Å²) in [5.74, 6) is -0.868. The first-order valence-corrected chi connectivity index (χ1v) is 23.5. The van der Waals surface area contributed by atoms with Crippen molar-refractivity contribution < 1.29 is 42.1 Å². The Morgan fingerprint density at radius 1 is 0.552 bits per heavy atom. The number of allylic oxidation sites excluding steroid dienone is 16. The Morgan fingerprint density at radius 3 is 1.47 bits per heavy atom. The van der Waals surface area contributed by atoms with Crippen molar-refractivity contribution in [1.29, 1.82) is 0 Å². The molecule has 9 nitrogen and oxygen atoms in total. The Kier molecular flexibility index (Phi) is 37.3. The Balaban J connectivity index is 4.34. The number of phosphoric acid groups is 1. The van der Waals surface area contributed by atoms with Gasteiger partial charge in [0.15, 0.2) is 6.10 Å². The lowest BCUT2D eigenvalue weighted by Gasteiger charge is -2.24. The third-order valence-electron chi connectivity index (χ3n) is 8.63. The van der Waals surface area contributed by atoms with Gasteiger partial charge in [-0.15, -0.1) is 0 Å². The minimum atomic E-state index is -4.39. The normalized spacial score (nSPS) is 14.5. The van der Waals surface area contributed by atoms with Crippen LogP contribution in [0.5, 0.6) is 0 Å². The van der Waals surface area contributed by atoms with E-state index in [2.05, 4.69) is 111 Å². The van der Waals surface area contributed by atoms with Gasteiger partial charge in [-0.2, -0.15) is 0 Å². The summed E-state index contributed by atoms with van der Waals surface area (Å²) in [6.07, 6.45) is 52.0. The predicted octanol–water partition coefficient (Wildman–Crippen LogP) is 12.6. The molecule has 0 aliphatic carbocycles. The smallest absolute Gasteiger partial charge is 0.462 e. The number of rotatable bonds is 38. The van der Waals surface area contributed by atoms with Crippen LogP contribution < -0.4 is 0 Å². The average molecular weight is 831 g/mol. The number of hydrogen-bond acceptors (Lipinski definition) is 7. The van der Waals surface area contributed by atoms with Crippen LogP contribution in [0.15, 0.2) is 97.2 Å². The lowest BCUT2D eigenvalue weighted by Crippen LogP contribution is -2.37. The minimum Gasteiger partial charge on any atom is -0.462 e. The van der Waals surface area contributed by atoms with Crippen molar-refractivity contribution in [2.75, 3.05) is 47.5 Å². The van der Waals surface area contributed by atoms with Crippen LogP contribution in [0.2, 0.25) is 0 Å². The number of carbonyl (C=O) groups excluding carboxylic acids is 2. The first-order chi connectivity index (χ1) is 28.0. The van der Waals surface area contributed by atoms with Crippen LogP contribution >= 0.6 is 7.82 Å². The van der Waals surface area contributed by atoms with E-state index in [0.29, 0.717) is 17.4 Å². The van der Waals surface area contributed by atoms with Gasteiger partial charge in [0, 0.05) is 12.8 Å². The summed E-state index contributed by atoms with van der Waals surface area (Å²) in [7, 11) is 1.43. The van der Waals surface area contributed by atoms with E-state index in [1.54, 1.807) is 0 Å². The summed E-state index contributed by atoms with van der Waals surface area (Å²) >= 11 is 0. The van der Waals surface area contributed by atoms with E-state index in [4.69, 9.17) is 18.5 Å². The van der Waals surface area contributed by atoms with Crippen molar-refractivity contribution in [1.82, 2.24) is 0 Å². The molecule has 330 valence electrons.